The highest BCUT2D eigenvalue weighted by Crippen LogP contribution is 2.36. The number of carboxylic acid groups (broad SMARTS) is 1. The van der Waals surface area contributed by atoms with Gasteiger partial charge in [-0.1, -0.05) is 6.07 Å². The van der Waals surface area contributed by atoms with E-state index >= 15 is 0 Å². The van der Waals surface area contributed by atoms with Crippen LogP contribution in [-0.4, -0.2) is 24.9 Å². The van der Waals surface area contributed by atoms with E-state index in [9.17, 15) is 4.79 Å². The van der Waals surface area contributed by atoms with Gasteiger partial charge in [-0.05, 0) is 31.7 Å². The molecule has 2 N–H and O–H groups in total. The predicted octanol–water partition coefficient (Wildman–Crippen LogP) is 1.32. The molecule has 0 bridgehead atoms. The minimum atomic E-state index is -0.848. The molecule has 0 saturated carbocycles. The highest BCUT2D eigenvalue weighted by molar-refractivity contribution is 5.69. The first kappa shape index (κ1) is 11.7. The molecule has 0 aromatic heterocycles. The first-order chi connectivity index (χ1) is 8.05. The minimum absolute atomic E-state index is 0.00312. The molecule has 0 aliphatic carbocycles. The first-order valence-corrected chi connectivity index (χ1v) is 5.36. The van der Waals surface area contributed by atoms with Gasteiger partial charge < -0.3 is 19.9 Å². The van der Waals surface area contributed by atoms with Crippen LogP contribution in [0.15, 0.2) is 18.2 Å². The topological polar surface area (TPSA) is 67.8 Å². The number of nitrogens with one attached hydrogen (secondary N) is 1. The molecule has 0 spiro atoms. The van der Waals surface area contributed by atoms with Crippen molar-refractivity contribution in [1.29, 1.82) is 0 Å². The van der Waals surface area contributed by atoms with Crippen LogP contribution in [0.2, 0.25) is 0 Å². The zero-order chi connectivity index (χ0) is 12.5. The summed E-state index contributed by atoms with van der Waals surface area (Å²) < 4.78 is 10.5. The van der Waals surface area contributed by atoms with Crippen molar-refractivity contribution in [1.82, 2.24) is 5.32 Å². The van der Waals surface area contributed by atoms with E-state index < -0.39 is 11.5 Å². The van der Waals surface area contributed by atoms with Gasteiger partial charge in [-0.25, -0.2) is 0 Å². The maximum Gasteiger partial charge on any atom is 0.305 e. The van der Waals surface area contributed by atoms with E-state index in [4.69, 9.17) is 14.6 Å². The standard InChI is InChI=1S/C12H15NO4/c1-12(13-2,6-11(14)15)8-3-4-9-10(5-8)17-7-16-9/h3-5,13H,6-7H2,1-2H3,(H,14,15)/t12-/m0/s1. The average Bonchev–Trinajstić information content (AvgIpc) is 2.74. The van der Waals surface area contributed by atoms with Crippen LogP contribution in [0.1, 0.15) is 18.9 Å². The van der Waals surface area contributed by atoms with Crippen LogP contribution in [0.3, 0.4) is 0 Å². The van der Waals surface area contributed by atoms with Crippen molar-refractivity contribution in [3.63, 3.8) is 0 Å². The highest BCUT2D eigenvalue weighted by atomic mass is 16.7. The molecule has 0 radical (unpaired) electrons. The van der Waals surface area contributed by atoms with Crippen molar-refractivity contribution in [2.75, 3.05) is 13.8 Å². The summed E-state index contributed by atoms with van der Waals surface area (Å²) in [6, 6.07) is 5.48. The molecule has 1 aliphatic heterocycles. The van der Waals surface area contributed by atoms with E-state index in [0.29, 0.717) is 11.5 Å². The molecule has 0 saturated heterocycles. The quantitative estimate of drug-likeness (QED) is 0.826. The summed E-state index contributed by atoms with van der Waals surface area (Å²) in [5.41, 5.74) is 0.249. The number of fused-ring (bicyclic) bond motifs is 1. The van der Waals surface area contributed by atoms with Crippen LogP contribution in [0.5, 0.6) is 11.5 Å². The molecule has 1 aliphatic rings. The summed E-state index contributed by atoms with van der Waals surface area (Å²) in [7, 11) is 1.74. The van der Waals surface area contributed by atoms with Gasteiger partial charge in [0.1, 0.15) is 0 Å². The largest absolute Gasteiger partial charge is 0.481 e. The lowest BCUT2D eigenvalue weighted by atomic mass is 9.88. The van der Waals surface area contributed by atoms with E-state index in [-0.39, 0.29) is 13.2 Å². The van der Waals surface area contributed by atoms with Crippen LogP contribution in [0.4, 0.5) is 0 Å². The van der Waals surface area contributed by atoms with Crippen molar-refractivity contribution in [3.05, 3.63) is 23.8 Å². The van der Waals surface area contributed by atoms with Gasteiger partial charge in [0.25, 0.3) is 0 Å². The third-order valence-electron chi connectivity index (χ3n) is 3.07. The predicted molar refractivity (Wildman–Crippen MR) is 61.2 cm³/mol. The van der Waals surface area contributed by atoms with Crippen molar-refractivity contribution in [3.8, 4) is 11.5 Å². The minimum Gasteiger partial charge on any atom is -0.481 e. The molecule has 0 unspecified atom stereocenters. The Morgan fingerprint density at radius 3 is 2.82 bits per heavy atom. The Morgan fingerprint density at radius 1 is 1.47 bits per heavy atom. The molecular weight excluding hydrogens is 222 g/mol. The molecule has 17 heavy (non-hydrogen) atoms. The Labute approximate surface area is 99.3 Å². The van der Waals surface area contributed by atoms with E-state index in [1.54, 1.807) is 13.1 Å². The van der Waals surface area contributed by atoms with Crippen molar-refractivity contribution in [2.45, 2.75) is 18.9 Å². The summed E-state index contributed by atoms with van der Waals surface area (Å²) in [5.74, 6) is 0.511. The zero-order valence-electron chi connectivity index (χ0n) is 9.82. The average molecular weight is 237 g/mol. The van der Waals surface area contributed by atoms with Gasteiger partial charge in [0.2, 0.25) is 6.79 Å². The molecule has 5 heteroatoms. The second-order valence-electron chi connectivity index (χ2n) is 4.22. The Kier molecular flexibility index (Phi) is 2.93. The van der Waals surface area contributed by atoms with Crippen molar-refractivity contribution < 1.29 is 19.4 Å². The second-order valence-corrected chi connectivity index (χ2v) is 4.22. The Hall–Kier alpha value is -1.75. The maximum atomic E-state index is 10.9. The summed E-state index contributed by atoms with van der Waals surface area (Å²) in [6.45, 7) is 2.06. The number of rotatable bonds is 4. The van der Waals surface area contributed by atoms with Crippen LogP contribution in [0, 0.1) is 0 Å². The van der Waals surface area contributed by atoms with Crippen molar-refractivity contribution >= 4 is 5.97 Å². The van der Waals surface area contributed by atoms with Gasteiger partial charge in [-0.2, -0.15) is 0 Å². The second kappa shape index (κ2) is 4.25. The summed E-state index contributed by atoms with van der Waals surface area (Å²) >= 11 is 0. The number of hydrogen-bond acceptors (Lipinski definition) is 4. The van der Waals surface area contributed by atoms with Crippen LogP contribution >= 0.6 is 0 Å². The number of aliphatic carboxylic acids is 1. The lowest BCUT2D eigenvalue weighted by molar-refractivity contribution is -0.138. The summed E-state index contributed by atoms with van der Waals surface area (Å²) in [6.07, 6.45) is 0.00312. The smallest absolute Gasteiger partial charge is 0.305 e. The number of hydrogen-bond donors (Lipinski definition) is 2. The Balaban J connectivity index is 2.34. The number of carboxylic acids is 1. The van der Waals surface area contributed by atoms with Crippen LogP contribution in [0.25, 0.3) is 0 Å². The molecule has 0 amide bonds. The van der Waals surface area contributed by atoms with E-state index in [1.807, 2.05) is 19.1 Å². The highest BCUT2D eigenvalue weighted by Gasteiger charge is 2.29. The molecule has 1 heterocycles. The monoisotopic (exact) mass is 237 g/mol. The molecule has 0 fully saturated rings. The van der Waals surface area contributed by atoms with Gasteiger partial charge in [0.15, 0.2) is 11.5 Å². The number of carbonyl (C=O) groups is 1. The molecule has 5 nitrogen and oxygen atoms in total. The first-order valence-electron chi connectivity index (χ1n) is 5.36. The normalized spacial score (nSPS) is 16.6. The van der Waals surface area contributed by atoms with Gasteiger partial charge in [0.05, 0.1) is 12.0 Å². The fraction of sp³-hybridized carbons (Fsp3) is 0.417. The Bertz CT molecular complexity index is 446. The van der Waals surface area contributed by atoms with Crippen LogP contribution < -0.4 is 14.8 Å². The maximum absolute atomic E-state index is 10.9. The van der Waals surface area contributed by atoms with Gasteiger partial charge in [-0.15, -0.1) is 0 Å². The molecule has 1 aromatic carbocycles. The molecular formula is C12H15NO4. The summed E-state index contributed by atoms with van der Waals surface area (Å²) in [5, 5.41) is 12.0. The zero-order valence-corrected chi connectivity index (χ0v) is 9.82. The molecule has 1 aromatic rings. The lowest BCUT2D eigenvalue weighted by Crippen LogP contribution is -2.38. The van der Waals surface area contributed by atoms with E-state index in [2.05, 4.69) is 5.32 Å². The van der Waals surface area contributed by atoms with Gasteiger partial charge in [-0.3, -0.25) is 4.79 Å². The van der Waals surface area contributed by atoms with E-state index in [0.717, 1.165) is 5.56 Å². The lowest BCUT2D eigenvalue weighted by Gasteiger charge is -2.28. The van der Waals surface area contributed by atoms with Crippen LogP contribution in [-0.2, 0) is 10.3 Å². The third-order valence-corrected chi connectivity index (χ3v) is 3.07. The summed E-state index contributed by atoms with van der Waals surface area (Å²) in [4.78, 5) is 10.9. The van der Waals surface area contributed by atoms with Crippen molar-refractivity contribution in [2.24, 2.45) is 0 Å². The number of ether oxygens (including phenoxy) is 2. The fourth-order valence-corrected chi connectivity index (χ4v) is 1.88. The third kappa shape index (κ3) is 2.19. The van der Waals surface area contributed by atoms with Gasteiger partial charge >= 0.3 is 5.97 Å². The molecule has 1 atom stereocenters. The fourth-order valence-electron chi connectivity index (χ4n) is 1.88. The molecule has 2 rings (SSSR count). The van der Waals surface area contributed by atoms with E-state index in [1.165, 1.54) is 0 Å². The molecule has 92 valence electrons. The van der Waals surface area contributed by atoms with Gasteiger partial charge in [0, 0.05) is 0 Å². The Morgan fingerprint density at radius 2 is 2.18 bits per heavy atom. The SMILES string of the molecule is CN[C@@](C)(CC(=O)O)c1ccc2c(c1)OCO2. The number of benzene rings is 1.